The molecule has 0 fully saturated rings. The van der Waals surface area contributed by atoms with E-state index < -0.39 is 0 Å². The van der Waals surface area contributed by atoms with Crippen molar-refractivity contribution < 1.29 is 9.90 Å². The third-order valence-electron chi connectivity index (χ3n) is 3.74. The topological polar surface area (TPSA) is 49.3 Å². The fourth-order valence-electron chi connectivity index (χ4n) is 2.60. The molecule has 1 atom stereocenters. The number of aliphatic hydroxyl groups excluding tert-OH is 1. The molecule has 3 heteroatoms. The number of benzene rings is 1. The van der Waals surface area contributed by atoms with Gasteiger partial charge in [0.15, 0.2) is 0 Å². The lowest BCUT2D eigenvalue weighted by Crippen LogP contribution is -2.39. The highest BCUT2D eigenvalue weighted by molar-refractivity contribution is 5.80. The number of carbonyl (C=O) groups is 1. The number of hydrogen-bond acceptors (Lipinski definition) is 2. The zero-order valence-corrected chi connectivity index (χ0v) is 10.9. The average Bonchev–Trinajstić information content (AvgIpc) is 2.82. The van der Waals surface area contributed by atoms with Gasteiger partial charge in [0, 0.05) is 18.6 Å². The van der Waals surface area contributed by atoms with Crippen molar-refractivity contribution in [1.82, 2.24) is 5.32 Å². The summed E-state index contributed by atoms with van der Waals surface area (Å²) in [5.74, 6) is 0.196. The van der Waals surface area contributed by atoms with E-state index in [9.17, 15) is 4.79 Å². The van der Waals surface area contributed by atoms with Crippen molar-refractivity contribution in [2.75, 3.05) is 6.61 Å². The highest BCUT2D eigenvalue weighted by atomic mass is 16.3. The first-order chi connectivity index (χ1) is 8.74. The summed E-state index contributed by atoms with van der Waals surface area (Å²) in [6, 6.07) is 8.37. The molecule has 0 spiro atoms. The van der Waals surface area contributed by atoms with Crippen LogP contribution in [0.4, 0.5) is 0 Å². The summed E-state index contributed by atoms with van der Waals surface area (Å²) >= 11 is 0. The van der Waals surface area contributed by atoms with Crippen molar-refractivity contribution in [2.24, 2.45) is 5.92 Å². The van der Waals surface area contributed by atoms with Crippen molar-refractivity contribution in [3.05, 3.63) is 35.4 Å². The Hall–Kier alpha value is -1.35. The molecule has 2 rings (SSSR count). The van der Waals surface area contributed by atoms with Crippen LogP contribution in [0.15, 0.2) is 24.3 Å². The van der Waals surface area contributed by atoms with Gasteiger partial charge < -0.3 is 10.4 Å². The van der Waals surface area contributed by atoms with Crippen LogP contribution in [0.5, 0.6) is 0 Å². The van der Waals surface area contributed by atoms with E-state index in [1.54, 1.807) is 0 Å². The molecule has 1 aliphatic rings. The maximum atomic E-state index is 12.2. The Bertz CT molecular complexity index is 392. The summed E-state index contributed by atoms with van der Waals surface area (Å²) < 4.78 is 0. The third kappa shape index (κ3) is 2.91. The van der Waals surface area contributed by atoms with Crippen LogP contribution in [0.2, 0.25) is 0 Å². The number of amides is 1. The van der Waals surface area contributed by atoms with Gasteiger partial charge in [-0.2, -0.15) is 0 Å². The molecule has 1 aliphatic carbocycles. The normalized spacial score (nSPS) is 16.3. The molecular formula is C15H21NO2. The molecule has 18 heavy (non-hydrogen) atoms. The van der Waals surface area contributed by atoms with Gasteiger partial charge in [-0.05, 0) is 36.8 Å². The van der Waals surface area contributed by atoms with Crippen LogP contribution in [0.25, 0.3) is 0 Å². The van der Waals surface area contributed by atoms with Gasteiger partial charge in [-0.3, -0.25) is 4.79 Å². The summed E-state index contributed by atoms with van der Waals surface area (Å²) in [5.41, 5.74) is 2.60. The minimum Gasteiger partial charge on any atom is -0.396 e. The van der Waals surface area contributed by atoms with Gasteiger partial charge in [0.2, 0.25) is 5.91 Å². The van der Waals surface area contributed by atoms with Crippen molar-refractivity contribution in [3.63, 3.8) is 0 Å². The van der Waals surface area contributed by atoms with Gasteiger partial charge >= 0.3 is 0 Å². The van der Waals surface area contributed by atoms with E-state index in [1.165, 1.54) is 11.1 Å². The zero-order valence-electron chi connectivity index (χ0n) is 10.9. The maximum Gasteiger partial charge on any atom is 0.223 e. The number of carbonyl (C=O) groups excluding carboxylic acids is 1. The Morgan fingerprint density at radius 3 is 2.50 bits per heavy atom. The molecule has 1 aromatic rings. The van der Waals surface area contributed by atoms with Crippen molar-refractivity contribution in [2.45, 2.75) is 38.6 Å². The van der Waals surface area contributed by atoms with Crippen LogP contribution in [-0.2, 0) is 17.6 Å². The minimum atomic E-state index is 0.0649. The van der Waals surface area contributed by atoms with Crippen molar-refractivity contribution >= 4 is 5.91 Å². The standard InChI is InChI=1S/C15H21NO2/c1-2-14(7-8-17)16-15(18)13-9-11-5-3-4-6-12(11)10-13/h3-6,13-14,17H,2,7-10H2,1H3,(H,16,18). The van der Waals surface area contributed by atoms with Gasteiger partial charge in [0.1, 0.15) is 0 Å². The maximum absolute atomic E-state index is 12.2. The SMILES string of the molecule is CCC(CCO)NC(=O)C1Cc2ccccc2C1. The number of fused-ring (bicyclic) bond motifs is 1. The number of aliphatic hydroxyl groups is 1. The van der Waals surface area contributed by atoms with E-state index in [0.717, 1.165) is 19.3 Å². The van der Waals surface area contributed by atoms with E-state index in [0.29, 0.717) is 6.42 Å². The molecular weight excluding hydrogens is 226 g/mol. The molecule has 0 radical (unpaired) electrons. The monoisotopic (exact) mass is 247 g/mol. The Balaban J connectivity index is 1.92. The second-order valence-corrected chi connectivity index (χ2v) is 5.00. The second kappa shape index (κ2) is 6.01. The van der Waals surface area contributed by atoms with Gasteiger partial charge in [-0.25, -0.2) is 0 Å². The molecule has 1 aromatic carbocycles. The van der Waals surface area contributed by atoms with Gasteiger partial charge in [-0.15, -0.1) is 0 Å². The first-order valence-corrected chi connectivity index (χ1v) is 6.72. The van der Waals surface area contributed by atoms with E-state index in [1.807, 2.05) is 19.1 Å². The quantitative estimate of drug-likeness (QED) is 0.831. The van der Waals surface area contributed by atoms with E-state index >= 15 is 0 Å². The molecule has 0 heterocycles. The first-order valence-electron chi connectivity index (χ1n) is 6.72. The van der Waals surface area contributed by atoms with Crippen LogP contribution in [0.1, 0.15) is 30.9 Å². The van der Waals surface area contributed by atoms with Crippen LogP contribution in [-0.4, -0.2) is 23.7 Å². The Labute approximate surface area is 108 Å². The molecule has 3 nitrogen and oxygen atoms in total. The molecule has 1 unspecified atom stereocenters. The molecule has 0 aromatic heterocycles. The van der Waals surface area contributed by atoms with E-state index in [-0.39, 0.29) is 24.5 Å². The predicted molar refractivity (Wildman–Crippen MR) is 71.3 cm³/mol. The summed E-state index contributed by atoms with van der Waals surface area (Å²) in [4.78, 5) is 12.2. The molecule has 1 amide bonds. The number of hydrogen-bond donors (Lipinski definition) is 2. The summed E-state index contributed by atoms with van der Waals surface area (Å²) in [5, 5.41) is 12.0. The van der Waals surface area contributed by atoms with Crippen LogP contribution >= 0.6 is 0 Å². The zero-order chi connectivity index (χ0) is 13.0. The molecule has 0 saturated heterocycles. The molecule has 0 saturated carbocycles. The van der Waals surface area contributed by atoms with E-state index in [4.69, 9.17) is 5.11 Å². The summed E-state index contributed by atoms with van der Waals surface area (Å²) in [6.07, 6.45) is 3.20. The highest BCUT2D eigenvalue weighted by Gasteiger charge is 2.27. The number of rotatable bonds is 5. The van der Waals surface area contributed by atoms with Crippen molar-refractivity contribution in [1.29, 1.82) is 0 Å². The smallest absolute Gasteiger partial charge is 0.223 e. The van der Waals surface area contributed by atoms with Crippen molar-refractivity contribution in [3.8, 4) is 0 Å². The number of nitrogens with one attached hydrogen (secondary N) is 1. The second-order valence-electron chi connectivity index (χ2n) is 5.00. The van der Waals surface area contributed by atoms with Gasteiger partial charge in [0.05, 0.1) is 0 Å². The molecule has 2 N–H and O–H groups in total. The molecule has 0 bridgehead atoms. The van der Waals surface area contributed by atoms with Gasteiger partial charge in [0.25, 0.3) is 0 Å². The van der Waals surface area contributed by atoms with Crippen LogP contribution in [0, 0.1) is 5.92 Å². The Kier molecular flexibility index (Phi) is 4.37. The molecule has 0 aliphatic heterocycles. The Morgan fingerprint density at radius 1 is 1.39 bits per heavy atom. The Morgan fingerprint density at radius 2 is 2.00 bits per heavy atom. The minimum absolute atomic E-state index is 0.0649. The third-order valence-corrected chi connectivity index (χ3v) is 3.74. The first kappa shape index (κ1) is 13.1. The predicted octanol–water partition coefficient (Wildman–Crippen LogP) is 1.68. The lowest BCUT2D eigenvalue weighted by atomic mass is 10.0. The summed E-state index contributed by atoms with van der Waals surface area (Å²) in [6.45, 7) is 2.16. The fourth-order valence-corrected chi connectivity index (χ4v) is 2.60. The average molecular weight is 247 g/mol. The molecule has 98 valence electrons. The lowest BCUT2D eigenvalue weighted by molar-refractivity contribution is -0.125. The largest absolute Gasteiger partial charge is 0.396 e. The summed E-state index contributed by atoms with van der Waals surface area (Å²) in [7, 11) is 0. The van der Waals surface area contributed by atoms with Crippen LogP contribution in [0.3, 0.4) is 0 Å². The highest BCUT2D eigenvalue weighted by Crippen LogP contribution is 2.26. The van der Waals surface area contributed by atoms with Crippen LogP contribution < -0.4 is 5.32 Å². The lowest BCUT2D eigenvalue weighted by Gasteiger charge is -2.18. The van der Waals surface area contributed by atoms with E-state index in [2.05, 4.69) is 17.4 Å². The fraction of sp³-hybridized carbons (Fsp3) is 0.533. The van der Waals surface area contributed by atoms with Gasteiger partial charge in [-0.1, -0.05) is 31.2 Å².